The molecule has 2 heterocycles. The molecular weight excluding hydrogens is 262 g/mol. The molecule has 2 N–H and O–H groups in total. The molecule has 1 amide bonds. The zero-order chi connectivity index (χ0) is 15.1. The van der Waals surface area contributed by atoms with Crippen molar-refractivity contribution < 1.29 is 4.79 Å². The fraction of sp³-hybridized carbons (Fsp3) is 0.529. The zero-order valence-corrected chi connectivity index (χ0v) is 12.6. The Morgan fingerprint density at radius 2 is 2.38 bits per heavy atom. The van der Waals surface area contributed by atoms with Gasteiger partial charge < -0.3 is 10.6 Å². The maximum Gasteiger partial charge on any atom is 0.273 e. The van der Waals surface area contributed by atoms with Crippen LogP contribution in [-0.2, 0) is 0 Å². The van der Waals surface area contributed by atoms with Gasteiger partial charge >= 0.3 is 0 Å². The van der Waals surface area contributed by atoms with Crippen LogP contribution in [0, 0.1) is 11.8 Å². The normalized spacial score (nSPS) is 18.0. The van der Waals surface area contributed by atoms with Crippen LogP contribution >= 0.6 is 0 Å². The summed E-state index contributed by atoms with van der Waals surface area (Å²) in [4.78, 5) is 19.1. The van der Waals surface area contributed by atoms with Crippen LogP contribution in [0.3, 0.4) is 0 Å². The van der Waals surface area contributed by atoms with Crippen LogP contribution in [-0.4, -0.2) is 34.9 Å². The van der Waals surface area contributed by atoms with Crippen LogP contribution in [0.25, 0.3) is 0 Å². The first-order valence-electron chi connectivity index (χ1n) is 7.72. The second-order valence-electron chi connectivity index (χ2n) is 5.34. The predicted molar refractivity (Wildman–Crippen MR) is 83.8 cm³/mol. The molecule has 2 rings (SSSR count). The minimum absolute atomic E-state index is 0.00933. The van der Waals surface area contributed by atoms with E-state index in [0.29, 0.717) is 17.3 Å². The number of piperidine rings is 1. The van der Waals surface area contributed by atoms with E-state index >= 15 is 0 Å². The summed E-state index contributed by atoms with van der Waals surface area (Å²) in [6.45, 7) is 3.27. The van der Waals surface area contributed by atoms with E-state index in [2.05, 4.69) is 23.7 Å². The lowest BCUT2D eigenvalue weighted by molar-refractivity contribution is 0.0594. The fourth-order valence-electron chi connectivity index (χ4n) is 2.86. The molecule has 0 spiro atoms. The van der Waals surface area contributed by atoms with Crippen molar-refractivity contribution >= 4 is 5.91 Å². The Hall–Kier alpha value is -1.86. The number of nitrogens with two attached hydrogens (primary N) is 1. The van der Waals surface area contributed by atoms with Gasteiger partial charge in [0, 0.05) is 18.8 Å². The van der Waals surface area contributed by atoms with E-state index < -0.39 is 0 Å². The largest absolute Gasteiger partial charge is 0.334 e. The molecule has 0 aliphatic carbocycles. The van der Waals surface area contributed by atoms with E-state index in [9.17, 15) is 4.79 Å². The fourth-order valence-corrected chi connectivity index (χ4v) is 2.86. The highest BCUT2D eigenvalue weighted by atomic mass is 16.2. The number of amides is 1. The summed E-state index contributed by atoms with van der Waals surface area (Å²) < 4.78 is 0. The number of likely N-dealkylation sites (tertiary alicyclic amines) is 1. The average molecular weight is 285 g/mol. The third-order valence-corrected chi connectivity index (χ3v) is 3.85. The quantitative estimate of drug-likeness (QED) is 0.866. The lowest BCUT2D eigenvalue weighted by Crippen LogP contribution is -2.44. The highest BCUT2D eigenvalue weighted by Crippen LogP contribution is 2.23. The summed E-state index contributed by atoms with van der Waals surface area (Å²) in [6, 6.07) is 3.98. The molecule has 1 saturated heterocycles. The molecule has 1 aliphatic heterocycles. The minimum Gasteiger partial charge on any atom is -0.334 e. The van der Waals surface area contributed by atoms with Crippen molar-refractivity contribution in [3.05, 3.63) is 29.6 Å². The van der Waals surface area contributed by atoms with Gasteiger partial charge in [-0.25, -0.2) is 4.98 Å². The Kier molecular flexibility index (Phi) is 5.77. The second-order valence-corrected chi connectivity index (χ2v) is 5.34. The van der Waals surface area contributed by atoms with Crippen molar-refractivity contribution in [2.45, 2.75) is 45.1 Å². The van der Waals surface area contributed by atoms with E-state index in [4.69, 9.17) is 5.73 Å². The monoisotopic (exact) mass is 285 g/mol. The van der Waals surface area contributed by atoms with Crippen molar-refractivity contribution in [1.82, 2.24) is 9.88 Å². The van der Waals surface area contributed by atoms with E-state index in [0.717, 1.165) is 32.2 Å². The molecule has 1 aromatic heterocycles. The van der Waals surface area contributed by atoms with Gasteiger partial charge in [0.15, 0.2) is 0 Å². The van der Waals surface area contributed by atoms with Crippen molar-refractivity contribution in [2.24, 2.45) is 5.73 Å². The lowest BCUT2D eigenvalue weighted by atomic mass is 9.97. The molecule has 0 bridgehead atoms. The van der Waals surface area contributed by atoms with Gasteiger partial charge in [-0.2, -0.15) is 0 Å². The molecule has 0 saturated carbocycles. The molecule has 0 radical (unpaired) electrons. The smallest absolute Gasteiger partial charge is 0.273 e. The van der Waals surface area contributed by atoms with Gasteiger partial charge in [0.25, 0.3) is 5.91 Å². The molecule has 1 unspecified atom stereocenters. The molecule has 1 aliphatic rings. The number of pyridine rings is 1. The number of nitrogens with zero attached hydrogens (tertiary/aromatic N) is 2. The van der Waals surface area contributed by atoms with Gasteiger partial charge in [-0.05, 0) is 37.8 Å². The molecule has 1 atom stereocenters. The molecule has 21 heavy (non-hydrogen) atoms. The first kappa shape index (κ1) is 15.5. The highest BCUT2D eigenvalue weighted by Gasteiger charge is 2.28. The lowest BCUT2D eigenvalue weighted by Gasteiger charge is -2.35. The number of carbonyl (C=O) groups is 1. The number of rotatable bonds is 3. The van der Waals surface area contributed by atoms with Crippen LogP contribution in [0.15, 0.2) is 18.3 Å². The Morgan fingerprint density at radius 3 is 3.14 bits per heavy atom. The van der Waals surface area contributed by atoms with Crippen LogP contribution in [0.5, 0.6) is 0 Å². The summed E-state index contributed by atoms with van der Waals surface area (Å²) >= 11 is 0. The maximum absolute atomic E-state index is 12.8. The van der Waals surface area contributed by atoms with Gasteiger partial charge in [-0.15, -0.1) is 0 Å². The van der Waals surface area contributed by atoms with Crippen molar-refractivity contribution in [3.63, 3.8) is 0 Å². The Balaban J connectivity index is 2.26. The van der Waals surface area contributed by atoms with Crippen LogP contribution in [0.1, 0.15) is 55.1 Å². The van der Waals surface area contributed by atoms with Gasteiger partial charge in [0.05, 0.1) is 12.1 Å². The van der Waals surface area contributed by atoms with Gasteiger partial charge in [0.1, 0.15) is 5.69 Å². The molecule has 1 fully saturated rings. The summed E-state index contributed by atoms with van der Waals surface area (Å²) in [6.07, 6.45) is 7.17. The van der Waals surface area contributed by atoms with E-state index in [-0.39, 0.29) is 12.5 Å². The molecule has 0 aromatic carbocycles. The second kappa shape index (κ2) is 7.80. The minimum atomic E-state index is 0.00933. The van der Waals surface area contributed by atoms with E-state index in [1.54, 1.807) is 12.3 Å². The predicted octanol–water partition coefficient (Wildman–Crippen LogP) is 2.19. The Labute approximate surface area is 126 Å². The van der Waals surface area contributed by atoms with Crippen LogP contribution in [0.2, 0.25) is 0 Å². The Morgan fingerprint density at radius 1 is 1.52 bits per heavy atom. The van der Waals surface area contributed by atoms with Gasteiger partial charge in [0.2, 0.25) is 0 Å². The van der Waals surface area contributed by atoms with Crippen molar-refractivity contribution in [2.75, 3.05) is 13.1 Å². The number of hydrogen-bond acceptors (Lipinski definition) is 3. The zero-order valence-electron chi connectivity index (χ0n) is 12.6. The van der Waals surface area contributed by atoms with E-state index in [1.165, 1.54) is 6.42 Å². The van der Waals surface area contributed by atoms with Crippen LogP contribution in [0.4, 0.5) is 0 Å². The Bertz CT molecular complexity index is 542. The topological polar surface area (TPSA) is 59.2 Å². The van der Waals surface area contributed by atoms with E-state index in [1.807, 2.05) is 11.0 Å². The SMILES string of the molecule is CCCC1CCCCN1C(=O)c1ncccc1C#CCN. The van der Waals surface area contributed by atoms with Crippen molar-refractivity contribution in [3.8, 4) is 11.8 Å². The molecular formula is C17H23N3O. The van der Waals surface area contributed by atoms with Crippen molar-refractivity contribution in [1.29, 1.82) is 0 Å². The molecule has 1 aromatic rings. The molecule has 4 heteroatoms. The number of carbonyl (C=O) groups excluding carboxylic acids is 1. The first-order valence-corrected chi connectivity index (χ1v) is 7.72. The summed E-state index contributed by atoms with van der Waals surface area (Å²) in [5, 5.41) is 0. The van der Waals surface area contributed by atoms with Gasteiger partial charge in [-0.3, -0.25) is 4.79 Å². The molecule has 112 valence electrons. The third kappa shape index (κ3) is 3.83. The molecule has 4 nitrogen and oxygen atoms in total. The standard InChI is InChI=1S/C17H23N3O/c1-2-7-15-10-3-4-13-20(15)17(21)16-14(8-5-11-18)9-6-12-19-16/h6,9,12,15H,2-4,7,10-11,13,18H2,1H3. The maximum atomic E-state index is 12.8. The van der Waals surface area contributed by atoms with Crippen LogP contribution < -0.4 is 5.73 Å². The highest BCUT2D eigenvalue weighted by molar-refractivity contribution is 5.95. The van der Waals surface area contributed by atoms with Gasteiger partial charge in [-0.1, -0.05) is 25.2 Å². The summed E-state index contributed by atoms with van der Waals surface area (Å²) in [5.74, 6) is 5.77. The summed E-state index contributed by atoms with van der Waals surface area (Å²) in [7, 11) is 0. The summed E-state index contributed by atoms with van der Waals surface area (Å²) in [5.41, 5.74) is 6.55. The first-order chi connectivity index (χ1) is 10.3. The average Bonchev–Trinajstić information content (AvgIpc) is 2.53. The number of aromatic nitrogens is 1. The number of hydrogen-bond donors (Lipinski definition) is 1. The third-order valence-electron chi connectivity index (χ3n) is 3.85.